The lowest BCUT2D eigenvalue weighted by molar-refractivity contribution is -0.124. The van der Waals surface area contributed by atoms with E-state index >= 15 is 0 Å². The molecule has 3 aliphatic rings. The van der Waals surface area contributed by atoms with Gasteiger partial charge in [-0.15, -0.1) is 0 Å². The number of carbonyl (C=O) groups is 2. The molecule has 1 saturated carbocycles. The Morgan fingerprint density at radius 2 is 2.23 bits per heavy atom. The SMILES string of the molecule is COc1ccc2c(c1)CC[C@]13C[C@H](NC(C)=O)[C@H](C1)C(=O)N23. The van der Waals surface area contributed by atoms with E-state index in [2.05, 4.69) is 5.32 Å². The molecule has 1 spiro atoms. The van der Waals surface area contributed by atoms with E-state index < -0.39 is 0 Å². The molecule has 1 N–H and O–H groups in total. The maximum atomic E-state index is 12.8. The molecule has 116 valence electrons. The van der Waals surface area contributed by atoms with Crippen LogP contribution in [0.5, 0.6) is 5.75 Å². The van der Waals surface area contributed by atoms with E-state index in [0.29, 0.717) is 0 Å². The van der Waals surface area contributed by atoms with Crippen molar-refractivity contribution in [2.24, 2.45) is 5.92 Å². The molecule has 1 aromatic rings. The molecule has 2 heterocycles. The maximum absolute atomic E-state index is 12.8. The second-order valence-electron chi connectivity index (χ2n) is 6.71. The minimum absolute atomic E-state index is 0.000971. The van der Waals surface area contributed by atoms with Crippen molar-refractivity contribution in [3.05, 3.63) is 23.8 Å². The van der Waals surface area contributed by atoms with Crippen molar-refractivity contribution in [1.29, 1.82) is 0 Å². The number of methoxy groups -OCH3 is 1. The zero-order valence-corrected chi connectivity index (χ0v) is 12.9. The topological polar surface area (TPSA) is 58.6 Å². The van der Waals surface area contributed by atoms with Gasteiger partial charge in [-0.05, 0) is 49.4 Å². The van der Waals surface area contributed by atoms with Gasteiger partial charge in [0.15, 0.2) is 0 Å². The Bertz CT molecular complexity index is 672. The summed E-state index contributed by atoms with van der Waals surface area (Å²) in [5, 5.41) is 2.97. The standard InChI is InChI=1S/C17H20N2O3/c1-10(20)18-14-9-17-6-5-11-7-12(22-2)3-4-15(11)19(17)16(21)13(14)8-17/h3-4,7,13-14H,5-6,8-9H2,1-2H3,(H,18,20)/t13-,14-,17+/m0/s1. The average molecular weight is 300 g/mol. The van der Waals surface area contributed by atoms with Crippen molar-refractivity contribution in [2.75, 3.05) is 12.0 Å². The number of nitrogens with zero attached hydrogens (tertiary/aromatic N) is 1. The second-order valence-corrected chi connectivity index (χ2v) is 6.71. The van der Waals surface area contributed by atoms with Crippen molar-refractivity contribution >= 4 is 17.5 Å². The lowest BCUT2D eigenvalue weighted by atomic mass is 9.83. The maximum Gasteiger partial charge on any atom is 0.232 e. The van der Waals surface area contributed by atoms with Crippen LogP contribution >= 0.6 is 0 Å². The van der Waals surface area contributed by atoms with Crippen LogP contribution in [0.15, 0.2) is 18.2 Å². The quantitative estimate of drug-likeness (QED) is 0.903. The van der Waals surface area contributed by atoms with Gasteiger partial charge in [-0.1, -0.05) is 0 Å². The van der Waals surface area contributed by atoms with Gasteiger partial charge >= 0.3 is 0 Å². The Morgan fingerprint density at radius 3 is 2.95 bits per heavy atom. The van der Waals surface area contributed by atoms with Crippen molar-refractivity contribution in [1.82, 2.24) is 5.32 Å². The number of hydrogen-bond acceptors (Lipinski definition) is 3. The van der Waals surface area contributed by atoms with Crippen LogP contribution in [-0.2, 0) is 16.0 Å². The lowest BCUT2D eigenvalue weighted by Crippen LogP contribution is -2.56. The molecular weight excluding hydrogens is 280 g/mol. The van der Waals surface area contributed by atoms with Gasteiger partial charge in [0.25, 0.3) is 0 Å². The first-order valence-electron chi connectivity index (χ1n) is 7.82. The fourth-order valence-corrected chi connectivity index (χ4v) is 4.61. The third-order valence-electron chi connectivity index (χ3n) is 5.47. The molecule has 0 unspecified atom stereocenters. The monoisotopic (exact) mass is 300 g/mol. The average Bonchev–Trinajstić information content (AvgIpc) is 2.98. The van der Waals surface area contributed by atoms with Crippen molar-refractivity contribution in [3.8, 4) is 5.75 Å². The van der Waals surface area contributed by atoms with Crippen LogP contribution in [0.25, 0.3) is 0 Å². The number of hydrogen-bond donors (Lipinski definition) is 1. The summed E-state index contributed by atoms with van der Waals surface area (Å²) in [6, 6.07) is 5.96. The van der Waals surface area contributed by atoms with Crippen LogP contribution in [0, 0.1) is 5.92 Å². The van der Waals surface area contributed by atoms with Gasteiger partial charge in [0.1, 0.15) is 5.75 Å². The van der Waals surface area contributed by atoms with Crippen LogP contribution in [0.2, 0.25) is 0 Å². The highest BCUT2D eigenvalue weighted by molar-refractivity contribution is 6.02. The molecule has 22 heavy (non-hydrogen) atoms. The summed E-state index contributed by atoms with van der Waals surface area (Å²) in [5.74, 6) is 0.880. The van der Waals surface area contributed by atoms with Crippen molar-refractivity contribution in [3.63, 3.8) is 0 Å². The highest BCUT2D eigenvalue weighted by atomic mass is 16.5. The van der Waals surface area contributed by atoms with Crippen LogP contribution in [-0.4, -0.2) is 30.5 Å². The molecule has 0 aromatic heterocycles. The number of ether oxygens (including phenoxy) is 1. The highest BCUT2D eigenvalue weighted by Crippen LogP contribution is 2.55. The van der Waals surface area contributed by atoms with Gasteiger partial charge in [-0.25, -0.2) is 0 Å². The molecule has 1 aromatic carbocycles. The number of aryl methyl sites for hydroxylation is 1. The largest absolute Gasteiger partial charge is 0.497 e. The number of nitrogens with one attached hydrogen (secondary N) is 1. The molecule has 3 atom stereocenters. The molecule has 2 amide bonds. The number of anilines is 1. The van der Waals surface area contributed by atoms with E-state index in [1.807, 2.05) is 23.1 Å². The summed E-state index contributed by atoms with van der Waals surface area (Å²) in [7, 11) is 1.66. The summed E-state index contributed by atoms with van der Waals surface area (Å²) >= 11 is 0. The number of fused-ring (bicyclic) bond motifs is 3. The molecule has 2 bridgehead atoms. The smallest absolute Gasteiger partial charge is 0.232 e. The summed E-state index contributed by atoms with van der Waals surface area (Å²) < 4.78 is 5.29. The first-order valence-corrected chi connectivity index (χ1v) is 7.82. The van der Waals surface area contributed by atoms with E-state index in [-0.39, 0.29) is 29.3 Å². The first-order chi connectivity index (χ1) is 10.5. The fourth-order valence-electron chi connectivity index (χ4n) is 4.61. The van der Waals surface area contributed by atoms with Gasteiger partial charge in [-0.3, -0.25) is 9.59 Å². The van der Waals surface area contributed by atoms with Gasteiger partial charge in [0, 0.05) is 18.7 Å². The number of benzene rings is 1. The Labute approximate surface area is 129 Å². The fraction of sp³-hybridized carbons (Fsp3) is 0.529. The molecule has 2 aliphatic heterocycles. The van der Waals surface area contributed by atoms with Gasteiger partial charge in [0.2, 0.25) is 11.8 Å². The molecule has 4 rings (SSSR count). The number of carbonyl (C=O) groups excluding carboxylic acids is 2. The molecular formula is C17H20N2O3. The first kappa shape index (κ1) is 13.6. The van der Waals surface area contributed by atoms with Crippen molar-refractivity contribution < 1.29 is 14.3 Å². The summed E-state index contributed by atoms with van der Waals surface area (Å²) in [6.45, 7) is 1.52. The zero-order chi connectivity index (χ0) is 15.5. The van der Waals surface area contributed by atoms with Crippen molar-refractivity contribution in [2.45, 2.75) is 44.2 Å². The molecule has 2 fully saturated rings. The van der Waals surface area contributed by atoms with E-state index in [0.717, 1.165) is 37.1 Å². The van der Waals surface area contributed by atoms with Crippen LogP contribution in [0.1, 0.15) is 31.7 Å². The number of piperidine rings is 1. The Hall–Kier alpha value is -2.04. The van der Waals surface area contributed by atoms with Gasteiger partial charge in [0.05, 0.1) is 18.6 Å². The van der Waals surface area contributed by atoms with E-state index in [1.165, 1.54) is 12.5 Å². The third-order valence-corrected chi connectivity index (χ3v) is 5.47. The molecule has 5 nitrogen and oxygen atoms in total. The molecule has 1 aliphatic carbocycles. The minimum Gasteiger partial charge on any atom is -0.497 e. The molecule has 0 radical (unpaired) electrons. The van der Waals surface area contributed by atoms with Gasteiger partial charge < -0.3 is 15.0 Å². The molecule has 5 heteroatoms. The van der Waals surface area contributed by atoms with Crippen LogP contribution < -0.4 is 15.0 Å². The molecule has 1 saturated heterocycles. The highest BCUT2D eigenvalue weighted by Gasteiger charge is 2.61. The van der Waals surface area contributed by atoms with E-state index in [9.17, 15) is 9.59 Å². The zero-order valence-electron chi connectivity index (χ0n) is 12.9. The normalized spacial score (nSPS) is 31.7. The van der Waals surface area contributed by atoms with Crippen LogP contribution in [0.3, 0.4) is 0 Å². The predicted molar refractivity (Wildman–Crippen MR) is 81.9 cm³/mol. The Morgan fingerprint density at radius 1 is 1.41 bits per heavy atom. The summed E-state index contributed by atoms with van der Waals surface area (Å²) in [4.78, 5) is 26.2. The van der Waals surface area contributed by atoms with E-state index in [1.54, 1.807) is 7.11 Å². The third kappa shape index (κ3) is 1.71. The van der Waals surface area contributed by atoms with Gasteiger partial charge in [-0.2, -0.15) is 0 Å². The second kappa shape index (κ2) is 4.48. The van der Waals surface area contributed by atoms with Crippen LogP contribution in [0.4, 0.5) is 5.69 Å². The Kier molecular flexibility index (Phi) is 2.77. The summed E-state index contributed by atoms with van der Waals surface area (Å²) in [5.41, 5.74) is 2.11. The predicted octanol–water partition coefficient (Wildman–Crippen LogP) is 1.64. The Balaban J connectivity index is 1.70. The summed E-state index contributed by atoms with van der Waals surface area (Å²) in [6.07, 6.45) is 3.65. The number of rotatable bonds is 2. The lowest BCUT2D eigenvalue weighted by Gasteiger charge is -2.45. The number of amides is 2. The minimum atomic E-state index is -0.101. The van der Waals surface area contributed by atoms with E-state index in [4.69, 9.17) is 4.74 Å².